The minimum atomic E-state index is 0. The molecule has 21 heavy (non-hydrogen) atoms. The summed E-state index contributed by atoms with van der Waals surface area (Å²) in [6, 6.07) is 4.08. The molecule has 0 spiro atoms. The molecule has 1 aromatic heterocycles. The number of nitrogens with one attached hydrogen (secondary N) is 1. The minimum absolute atomic E-state index is 0. The lowest BCUT2D eigenvalue weighted by atomic mass is 9.89. The first kappa shape index (κ1) is 20.1. The van der Waals surface area contributed by atoms with Crippen molar-refractivity contribution in [3.63, 3.8) is 0 Å². The van der Waals surface area contributed by atoms with Crippen LogP contribution in [0.2, 0.25) is 0 Å². The van der Waals surface area contributed by atoms with Crippen LogP contribution in [-0.2, 0) is 0 Å². The second kappa shape index (κ2) is 10.8. The fourth-order valence-electron chi connectivity index (χ4n) is 2.04. The summed E-state index contributed by atoms with van der Waals surface area (Å²) in [5, 5.41) is 3.17. The maximum Gasteiger partial charge on any atom is 0.188 e. The van der Waals surface area contributed by atoms with Gasteiger partial charge in [0.15, 0.2) is 5.96 Å². The predicted octanol–water partition coefficient (Wildman–Crippen LogP) is 3.39. The molecule has 0 radical (unpaired) electrons. The van der Waals surface area contributed by atoms with Crippen LogP contribution in [0, 0.1) is 11.8 Å². The first-order valence-electron chi connectivity index (χ1n) is 7.44. The number of nitrogens with two attached hydrogens (primary N) is 1. The molecule has 0 saturated carbocycles. The van der Waals surface area contributed by atoms with Gasteiger partial charge in [0, 0.05) is 31.4 Å². The Labute approximate surface area is 146 Å². The summed E-state index contributed by atoms with van der Waals surface area (Å²) in [4.78, 5) is 8.66. The SMILES string of the molecule is CC(C)CCNC(N)=NCC(c1cccnc1)C(C)C.I. The highest BCUT2D eigenvalue weighted by Gasteiger charge is 2.15. The standard InChI is InChI=1S/C16H28N4.HI/c1-12(2)7-9-19-16(17)20-11-15(13(3)4)14-6-5-8-18-10-14;/h5-6,8,10,12-13,15H,7,9,11H2,1-4H3,(H3,17,19,20);1H. The zero-order chi connectivity index (χ0) is 15.0. The molecule has 0 aliphatic heterocycles. The number of aliphatic imine (C=N–C) groups is 1. The van der Waals surface area contributed by atoms with Crippen LogP contribution in [0.25, 0.3) is 0 Å². The van der Waals surface area contributed by atoms with Gasteiger partial charge in [-0.05, 0) is 29.9 Å². The molecule has 0 aromatic carbocycles. The quantitative estimate of drug-likeness (QED) is 0.416. The number of guanidine groups is 1. The topological polar surface area (TPSA) is 63.3 Å². The Balaban J connectivity index is 0.00000400. The molecule has 120 valence electrons. The number of aromatic nitrogens is 1. The lowest BCUT2D eigenvalue weighted by Gasteiger charge is -2.19. The summed E-state index contributed by atoms with van der Waals surface area (Å²) in [5.74, 6) is 2.08. The van der Waals surface area contributed by atoms with Crippen LogP contribution in [0.1, 0.15) is 45.6 Å². The Morgan fingerprint density at radius 2 is 2.05 bits per heavy atom. The van der Waals surface area contributed by atoms with Crippen molar-refractivity contribution in [1.29, 1.82) is 0 Å². The Bertz CT molecular complexity index is 404. The van der Waals surface area contributed by atoms with Gasteiger partial charge in [0.1, 0.15) is 0 Å². The summed E-state index contributed by atoms with van der Waals surface area (Å²) >= 11 is 0. The fourth-order valence-corrected chi connectivity index (χ4v) is 2.04. The molecule has 0 aliphatic carbocycles. The highest BCUT2D eigenvalue weighted by Crippen LogP contribution is 2.23. The van der Waals surface area contributed by atoms with Crippen LogP contribution in [-0.4, -0.2) is 24.0 Å². The largest absolute Gasteiger partial charge is 0.370 e. The average Bonchev–Trinajstić information content (AvgIpc) is 2.39. The Hall–Kier alpha value is -0.850. The van der Waals surface area contributed by atoms with Crippen molar-refractivity contribution in [2.75, 3.05) is 13.1 Å². The van der Waals surface area contributed by atoms with Gasteiger partial charge < -0.3 is 11.1 Å². The molecule has 0 bridgehead atoms. The van der Waals surface area contributed by atoms with Crippen molar-refractivity contribution < 1.29 is 0 Å². The van der Waals surface area contributed by atoms with E-state index >= 15 is 0 Å². The Morgan fingerprint density at radius 3 is 2.57 bits per heavy atom. The van der Waals surface area contributed by atoms with Crippen molar-refractivity contribution in [1.82, 2.24) is 10.3 Å². The first-order chi connectivity index (χ1) is 9.50. The first-order valence-corrected chi connectivity index (χ1v) is 7.44. The molecule has 1 unspecified atom stereocenters. The van der Waals surface area contributed by atoms with Gasteiger partial charge in [-0.1, -0.05) is 33.8 Å². The van der Waals surface area contributed by atoms with E-state index in [9.17, 15) is 0 Å². The number of nitrogens with zero attached hydrogens (tertiary/aromatic N) is 2. The van der Waals surface area contributed by atoms with Crippen LogP contribution in [0.15, 0.2) is 29.5 Å². The zero-order valence-electron chi connectivity index (χ0n) is 13.5. The van der Waals surface area contributed by atoms with Crippen molar-refractivity contribution in [2.24, 2.45) is 22.6 Å². The second-order valence-electron chi connectivity index (χ2n) is 5.97. The van der Waals surface area contributed by atoms with Crippen LogP contribution in [0.4, 0.5) is 0 Å². The van der Waals surface area contributed by atoms with E-state index in [1.807, 2.05) is 12.3 Å². The molecule has 5 heteroatoms. The monoisotopic (exact) mass is 404 g/mol. The maximum atomic E-state index is 5.91. The van der Waals surface area contributed by atoms with Gasteiger partial charge in [0.05, 0.1) is 0 Å². The number of hydrogen-bond acceptors (Lipinski definition) is 2. The van der Waals surface area contributed by atoms with Crippen molar-refractivity contribution in [3.05, 3.63) is 30.1 Å². The van der Waals surface area contributed by atoms with E-state index in [0.717, 1.165) is 13.0 Å². The van der Waals surface area contributed by atoms with Crippen LogP contribution in [0.3, 0.4) is 0 Å². The van der Waals surface area contributed by atoms with Crippen LogP contribution >= 0.6 is 24.0 Å². The van der Waals surface area contributed by atoms with E-state index in [1.165, 1.54) is 5.56 Å². The van der Waals surface area contributed by atoms with Gasteiger partial charge in [-0.2, -0.15) is 0 Å². The molecule has 0 amide bonds. The predicted molar refractivity (Wildman–Crippen MR) is 101 cm³/mol. The van der Waals surface area contributed by atoms with E-state index in [-0.39, 0.29) is 24.0 Å². The van der Waals surface area contributed by atoms with E-state index in [4.69, 9.17) is 5.73 Å². The van der Waals surface area contributed by atoms with Crippen molar-refractivity contribution in [2.45, 2.75) is 40.0 Å². The molecule has 0 saturated heterocycles. The zero-order valence-corrected chi connectivity index (χ0v) is 15.9. The van der Waals surface area contributed by atoms with Gasteiger partial charge in [-0.15, -0.1) is 24.0 Å². The van der Waals surface area contributed by atoms with E-state index in [0.29, 0.717) is 30.3 Å². The second-order valence-corrected chi connectivity index (χ2v) is 5.97. The maximum absolute atomic E-state index is 5.91. The van der Waals surface area contributed by atoms with Crippen molar-refractivity contribution in [3.8, 4) is 0 Å². The van der Waals surface area contributed by atoms with E-state index in [2.05, 4.69) is 49.1 Å². The lowest BCUT2D eigenvalue weighted by Crippen LogP contribution is -2.33. The number of pyridine rings is 1. The van der Waals surface area contributed by atoms with Crippen LogP contribution in [0.5, 0.6) is 0 Å². The van der Waals surface area contributed by atoms with Gasteiger partial charge in [-0.3, -0.25) is 9.98 Å². The molecule has 1 heterocycles. The number of rotatable bonds is 7. The Morgan fingerprint density at radius 1 is 1.33 bits per heavy atom. The number of halogens is 1. The van der Waals surface area contributed by atoms with Gasteiger partial charge in [0.25, 0.3) is 0 Å². The molecule has 1 aromatic rings. The average molecular weight is 404 g/mol. The summed E-state index contributed by atoms with van der Waals surface area (Å²) < 4.78 is 0. The summed E-state index contributed by atoms with van der Waals surface area (Å²) in [5.41, 5.74) is 7.13. The summed E-state index contributed by atoms with van der Waals surface area (Å²) in [6.07, 6.45) is 4.82. The molecule has 4 nitrogen and oxygen atoms in total. The third-order valence-corrected chi connectivity index (χ3v) is 3.40. The molecular weight excluding hydrogens is 375 g/mol. The van der Waals surface area contributed by atoms with E-state index in [1.54, 1.807) is 6.20 Å². The molecule has 0 aliphatic rings. The minimum Gasteiger partial charge on any atom is -0.370 e. The summed E-state index contributed by atoms with van der Waals surface area (Å²) in [7, 11) is 0. The molecule has 0 fully saturated rings. The van der Waals surface area contributed by atoms with Gasteiger partial charge in [0.2, 0.25) is 0 Å². The highest BCUT2D eigenvalue weighted by atomic mass is 127. The third-order valence-electron chi connectivity index (χ3n) is 3.40. The lowest BCUT2D eigenvalue weighted by molar-refractivity contribution is 0.504. The van der Waals surface area contributed by atoms with Crippen LogP contribution < -0.4 is 11.1 Å². The van der Waals surface area contributed by atoms with Crippen molar-refractivity contribution >= 4 is 29.9 Å². The Kier molecular flexibility index (Phi) is 10.4. The van der Waals surface area contributed by atoms with Gasteiger partial charge in [-0.25, -0.2) is 0 Å². The molecule has 1 rings (SSSR count). The molecule has 1 atom stereocenters. The van der Waals surface area contributed by atoms with E-state index < -0.39 is 0 Å². The summed E-state index contributed by atoms with van der Waals surface area (Å²) in [6.45, 7) is 10.4. The highest BCUT2D eigenvalue weighted by molar-refractivity contribution is 14.0. The molecule has 3 N–H and O–H groups in total. The fraction of sp³-hybridized carbons (Fsp3) is 0.625. The smallest absolute Gasteiger partial charge is 0.188 e. The number of hydrogen-bond donors (Lipinski definition) is 2. The third kappa shape index (κ3) is 8.24. The normalized spacial score (nSPS) is 13.1. The molecular formula is C16H29IN4. The van der Waals surface area contributed by atoms with Gasteiger partial charge >= 0.3 is 0 Å².